The Morgan fingerprint density at radius 1 is 0.714 bits per heavy atom. The molecule has 0 spiro atoms. The summed E-state index contributed by atoms with van der Waals surface area (Å²) in [5, 5.41) is 4.23. The Morgan fingerprint density at radius 2 is 1.20 bits per heavy atom. The third-order valence-corrected chi connectivity index (χ3v) is 9.41. The molecule has 2 saturated carbocycles. The summed E-state index contributed by atoms with van der Waals surface area (Å²) in [6, 6.07) is 3.84. The average Bonchev–Trinajstić information content (AvgIpc) is 2.77. The summed E-state index contributed by atoms with van der Waals surface area (Å²) in [7, 11) is 0. The lowest BCUT2D eigenvalue weighted by Gasteiger charge is -2.54. The van der Waals surface area contributed by atoms with Crippen molar-refractivity contribution in [2.45, 2.75) is 175 Å². The van der Waals surface area contributed by atoms with Crippen molar-refractivity contribution < 1.29 is 0 Å². The van der Waals surface area contributed by atoms with Gasteiger partial charge in [-0.2, -0.15) is 0 Å². The van der Waals surface area contributed by atoms with Crippen molar-refractivity contribution >= 4 is 0 Å². The Bertz CT molecular complexity index is 558. The van der Waals surface area contributed by atoms with Crippen molar-refractivity contribution in [3.63, 3.8) is 0 Å². The number of nitrogens with zero attached hydrogens (tertiary/aromatic N) is 2. The first-order valence-corrected chi connectivity index (χ1v) is 15.5. The number of nitrogens with one attached hydrogen (secondary N) is 1. The molecule has 0 aromatic heterocycles. The van der Waals surface area contributed by atoms with E-state index in [9.17, 15) is 0 Å². The summed E-state index contributed by atoms with van der Waals surface area (Å²) in [5.41, 5.74) is 6.05. The first-order valence-electron chi connectivity index (χ1n) is 15.5. The first-order chi connectivity index (χ1) is 16.5. The number of unbranched alkanes of at least 4 members (excludes halogenated alkanes) is 1. The first kappa shape index (κ1) is 31.1. The lowest BCUT2D eigenvalue weighted by atomic mass is 9.65. The van der Waals surface area contributed by atoms with Gasteiger partial charge in [-0.3, -0.25) is 9.80 Å². The van der Waals surface area contributed by atoms with Crippen molar-refractivity contribution in [1.82, 2.24) is 15.1 Å². The van der Waals surface area contributed by atoms with E-state index in [2.05, 4.69) is 77.4 Å². The van der Waals surface area contributed by atoms with Crippen molar-refractivity contribution in [3.05, 3.63) is 0 Å². The number of hydrogen-bond donors (Lipinski definition) is 2. The second-order valence-electron chi connectivity index (χ2n) is 13.4. The molecule has 0 aliphatic heterocycles. The zero-order chi connectivity index (χ0) is 26.2. The average molecular weight is 493 g/mol. The van der Waals surface area contributed by atoms with Crippen LogP contribution < -0.4 is 11.1 Å². The minimum atomic E-state index is 0.182. The molecule has 35 heavy (non-hydrogen) atoms. The SMILES string of the molecule is CC(C)N(C(C)C)C1CCCCC1CC(C)(NCCCCN)C1CCCCC1N(C(C)C)C(C)C. The van der Waals surface area contributed by atoms with Crippen molar-refractivity contribution in [1.29, 1.82) is 0 Å². The fraction of sp³-hybridized carbons (Fsp3) is 1.00. The van der Waals surface area contributed by atoms with Gasteiger partial charge in [0.25, 0.3) is 0 Å². The van der Waals surface area contributed by atoms with E-state index in [1.165, 1.54) is 64.2 Å². The van der Waals surface area contributed by atoms with E-state index in [1.54, 1.807) is 0 Å². The number of nitrogens with two attached hydrogens (primary N) is 1. The van der Waals surface area contributed by atoms with E-state index in [1.807, 2.05) is 0 Å². The quantitative estimate of drug-likeness (QED) is 0.261. The lowest BCUT2D eigenvalue weighted by molar-refractivity contribution is -0.0155. The smallest absolute Gasteiger partial charge is 0.0199 e. The Hall–Kier alpha value is -0.160. The molecule has 2 aliphatic carbocycles. The molecular formula is C31H64N4. The van der Waals surface area contributed by atoms with Crippen LogP contribution in [0.1, 0.15) is 133 Å². The van der Waals surface area contributed by atoms with Crippen molar-refractivity contribution in [3.8, 4) is 0 Å². The molecule has 0 bridgehead atoms. The van der Waals surface area contributed by atoms with E-state index in [-0.39, 0.29) is 5.54 Å². The fourth-order valence-electron chi connectivity index (χ4n) is 8.30. The molecule has 208 valence electrons. The van der Waals surface area contributed by atoms with Crippen molar-refractivity contribution in [2.24, 2.45) is 17.6 Å². The van der Waals surface area contributed by atoms with Crippen LogP contribution in [0.3, 0.4) is 0 Å². The highest BCUT2D eigenvalue weighted by Crippen LogP contribution is 2.44. The van der Waals surface area contributed by atoms with E-state index in [0.29, 0.717) is 36.1 Å². The van der Waals surface area contributed by atoms with Gasteiger partial charge >= 0.3 is 0 Å². The minimum absolute atomic E-state index is 0.182. The highest BCUT2D eigenvalue weighted by molar-refractivity contribution is 5.03. The molecule has 0 amide bonds. The van der Waals surface area contributed by atoms with Gasteiger partial charge in [-0.05, 0) is 132 Å². The van der Waals surface area contributed by atoms with Crippen LogP contribution in [0.5, 0.6) is 0 Å². The lowest BCUT2D eigenvalue weighted by Crippen LogP contribution is -2.62. The molecule has 3 N–H and O–H groups in total. The van der Waals surface area contributed by atoms with Crippen LogP contribution in [-0.4, -0.2) is 64.7 Å². The molecule has 5 unspecified atom stereocenters. The molecule has 4 nitrogen and oxygen atoms in total. The molecule has 0 saturated heterocycles. The molecule has 4 heteroatoms. The van der Waals surface area contributed by atoms with Crippen molar-refractivity contribution in [2.75, 3.05) is 13.1 Å². The van der Waals surface area contributed by atoms with Gasteiger partial charge in [-0.15, -0.1) is 0 Å². The topological polar surface area (TPSA) is 44.5 Å². The number of rotatable bonds is 14. The van der Waals surface area contributed by atoms with Crippen LogP contribution in [0, 0.1) is 11.8 Å². The normalized spacial score (nSPS) is 28.1. The van der Waals surface area contributed by atoms with Gasteiger partial charge in [0.15, 0.2) is 0 Å². The summed E-state index contributed by atoms with van der Waals surface area (Å²) in [6.45, 7) is 23.8. The summed E-state index contributed by atoms with van der Waals surface area (Å²) in [6.07, 6.45) is 14.7. The predicted molar refractivity (Wildman–Crippen MR) is 155 cm³/mol. The molecule has 0 aromatic carbocycles. The highest BCUT2D eigenvalue weighted by Gasteiger charge is 2.46. The van der Waals surface area contributed by atoms with E-state index in [0.717, 1.165) is 31.5 Å². The van der Waals surface area contributed by atoms with Gasteiger partial charge < -0.3 is 11.1 Å². The minimum Gasteiger partial charge on any atom is -0.330 e. The molecule has 2 rings (SSSR count). The predicted octanol–water partition coefficient (Wildman–Crippen LogP) is 6.82. The van der Waals surface area contributed by atoms with Crippen LogP contribution in [0.25, 0.3) is 0 Å². The summed E-state index contributed by atoms with van der Waals surface area (Å²) in [4.78, 5) is 5.71. The molecule has 2 aliphatic rings. The maximum Gasteiger partial charge on any atom is 0.0199 e. The Labute approximate surface area is 220 Å². The Morgan fingerprint density at radius 3 is 1.74 bits per heavy atom. The number of hydrogen-bond acceptors (Lipinski definition) is 4. The van der Waals surface area contributed by atoms with Crippen LogP contribution in [0.15, 0.2) is 0 Å². The third kappa shape index (κ3) is 8.42. The summed E-state index contributed by atoms with van der Waals surface area (Å²) < 4.78 is 0. The van der Waals surface area contributed by atoms with Gasteiger partial charge in [0.2, 0.25) is 0 Å². The molecule has 0 aromatic rings. The maximum absolute atomic E-state index is 5.87. The second kappa shape index (κ2) is 14.7. The molecule has 0 radical (unpaired) electrons. The molecular weight excluding hydrogens is 428 g/mol. The molecule has 0 heterocycles. The maximum atomic E-state index is 5.87. The van der Waals surface area contributed by atoms with Crippen LogP contribution >= 0.6 is 0 Å². The fourth-order valence-corrected chi connectivity index (χ4v) is 8.30. The summed E-state index contributed by atoms with van der Waals surface area (Å²) in [5.74, 6) is 1.50. The summed E-state index contributed by atoms with van der Waals surface area (Å²) >= 11 is 0. The largest absolute Gasteiger partial charge is 0.330 e. The Kier molecular flexibility index (Phi) is 13.0. The van der Waals surface area contributed by atoms with Gasteiger partial charge in [-0.25, -0.2) is 0 Å². The second-order valence-corrected chi connectivity index (χ2v) is 13.4. The van der Waals surface area contributed by atoms with Gasteiger partial charge in [-0.1, -0.05) is 25.7 Å². The third-order valence-electron chi connectivity index (χ3n) is 9.41. The standard InChI is InChI=1S/C31H64N4/c1-23(2)34(24(3)4)29-18-12-10-16-27(29)22-31(9,33-21-15-14-20-32)28-17-11-13-19-30(28)35(25(5)6)26(7)8/h23-30,33H,10-22,32H2,1-9H3. The van der Waals surface area contributed by atoms with Gasteiger partial charge in [0.05, 0.1) is 0 Å². The highest BCUT2D eigenvalue weighted by atomic mass is 15.2. The zero-order valence-electron chi connectivity index (χ0n) is 25.3. The van der Waals surface area contributed by atoms with E-state index in [4.69, 9.17) is 5.73 Å². The Balaban J connectivity index is 2.38. The monoisotopic (exact) mass is 493 g/mol. The van der Waals surface area contributed by atoms with Gasteiger partial charge in [0.1, 0.15) is 0 Å². The molecule has 2 fully saturated rings. The van der Waals surface area contributed by atoms with Crippen LogP contribution in [-0.2, 0) is 0 Å². The van der Waals surface area contributed by atoms with Gasteiger partial charge in [0, 0.05) is 41.8 Å². The van der Waals surface area contributed by atoms with E-state index >= 15 is 0 Å². The van der Waals surface area contributed by atoms with Crippen LogP contribution in [0.2, 0.25) is 0 Å². The van der Waals surface area contributed by atoms with E-state index < -0.39 is 0 Å². The molecule has 5 atom stereocenters. The van der Waals surface area contributed by atoms with Crippen LogP contribution in [0.4, 0.5) is 0 Å². The zero-order valence-corrected chi connectivity index (χ0v) is 25.3.